The highest BCUT2D eigenvalue weighted by atomic mass is 15.0. The quantitative estimate of drug-likeness (QED) is 0.695. The van der Waals surface area contributed by atoms with Crippen molar-refractivity contribution in [3.05, 3.63) is 24.0 Å². The fourth-order valence-electron chi connectivity index (χ4n) is 1.30. The Hall–Kier alpha value is -1.76. The van der Waals surface area contributed by atoms with Gasteiger partial charge < -0.3 is 0 Å². The summed E-state index contributed by atoms with van der Waals surface area (Å²) in [5, 5.41) is 12.2. The molecule has 0 aliphatic heterocycles. The zero-order valence-electron chi connectivity index (χ0n) is 6.99. The Labute approximate surface area is 75.7 Å². The molecule has 1 fully saturated rings. The Morgan fingerprint density at radius 3 is 2.92 bits per heavy atom. The highest BCUT2D eigenvalue weighted by molar-refractivity contribution is 5.43. The highest BCUT2D eigenvalue weighted by Crippen LogP contribution is 2.47. The van der Waals surface area contributed by atoms with Crippen LogP contribution in [0.5, 0.6) is 0 Å². The van der Waals surface area contributed by atoms with E-state index in [-0.39, 0.29) is 5.41 Å². The highest BCUT2D eigenvalue weighted by Gasteiger charge is 2.46. The van der Waals surface area contributed by atoms with E-state index in [0.717, 1.165) is 18.5 Å². The summed E-state index contributed by atoms with van der Waals surface area (Å²) in [4.78, 5) is 4.13. The van der Waals surface area contributed by atoms with Crippen LogP contribution in [-0.4, -0.2) is 4.98 Å². The second-order valence-electron chi connectivity index (χ2n) is 3.20. The van der Waals surface area contributed by atoms with Crippen molar-refractivity contribution >= 4 is 5.69 Å². The van der Waals surface area contributed by atoms with Crippen LogP contribution in [0.3, 0.4) is 0 Å². The summed E-state index contributed by atoms with van der Waals surface area (Å²) in [6.45, 7) is 0. The van der Waals surface area contributed by atoms with Gasteiger partial charge in [0, 0.05) is 6.20 Å². The molecule has 0 unspecified atom stereocenters. The average Bonchev–Trinajstić information content (AvgIpc) is 2.99. The van der Waals surface area contributed by atoms with Gasteiger partial charge in [-0.2, -0.15) is 10.4 Å². The van der Waals surface area contributed by atoms with Gasteiger partial charge in [-0.25, -0.2) is 5.53 Å². The van der Waals surface area contributed by atoms with Gasteiger partial charge in [0.15, 0.2) is 0 Å². The molecule has 2 rings (SSSR count). The van der Waals surface area contributed by atoms with Gasteiger partial charge in [-0.1, -0.05) is 0 Å². The van der Waals surface area contributed by atoms with Crippen LogP contribution in [0, 0.1) is 16.9 Å². The standard InChI is InChI=1S/C9H8N4/c10-6-9(2-3-9)8-5-7(13-11)1-4-12-8/h1,4-5,11H,2-3H2. The molecule has 4 heteroatoms. The lowest BCUT2D eigenvalue weighted by atomic mass is 10.0. The Morgan fingerprint density at radius 1 is 1.62 bits per heavy atom. The third kappa shape index (κ3) is 1.18. The maximum atomic E-state index is 8.91. The molecule has 1 N–H and O–H groups in total. The van der Waals surface area contributed by atoms with Crippen LogP contribution >= 0.6 is 0 Å². The summed E-state index contributed by atoms with van der Waals surface area (Å²) in [5.41, 5.74) is 7.78. The third-order valence-corrected chi connectivity index (χ3v) is 2.33. The summed E-state index contributed by atoms with van der Waals surface area (Å²) in [6.07, 6.45) is 3.34. The van der Waals surface area contributed by atoms with Crippen molar-refractivity contribution in [3.8, 4) is 6.07 Å². The van der Waals surface area contributed by atoms with Crippen molar-refractivity contribution < 1.29 is 0 Å². The van der Waals surface area contributed by atoms with E-state index in [4.69, 9.17) is 10.8 Å². The first-order valence-corrected chi connectivity index (χ1v) is 4.06. The zero-order chi connectivity index (χ0) is 9.31. The number of rotatable bonds is 2. The molecule has 0 amide bonds. The van der Waals surface area contributed by atoms with Gasteiger partial charge in [0.2, 0.25) is 0 Å². The van der Waals surface area contributed by atoms with Crippen molar-refractivity contribution in [2.75, 3.05) is 0 Å². The summed E-state index contributed by atoms with van der Waals surface area (Å²) in [6, 6.07) is 5.62. The fraction of sp³-hybridized carbons (Fsp3) is 0.333. The monoisotopic (exact) mass is 172 g/mol. The SMILES string of the molecule is N#CC1(c2cc(N=N)ccn2)CC1. The predicted octanol–water partition coefficient (Wildman–Crippen LogP) is 2.30. The molecule has 0 bridgehead atoms. The van der Waals surface area contributed by atoms with E-state index in [2.05, 4.69) is 16.2 Å². The van der Waals surface area contributed by atoms with Crippen LogP contribution in [-0.2, 0) is 5.41 Å². The molecule has 0 saturated heterocycles. The van der Waals surface area contributed by atoms with Crippen LogP contribution in [0.4, 0.5) is 5.69 Å². The van der Waals surface area contributed by atoms with Gasteiger partial charge in [0.1, 0.15) is 0 Å². The number of nitrogens with zero attached hydrogens (tertiary/aromatic N) is 3. The van der Waals surface area contributed by atoms with Crippen molar-refractivity contribution in [3.63, 3.8) is 0 Å². The Morgan fingerprint density at radius 2 is 2.38 bits per heavy atom. The number of aromatic nitrogens is 1. The fourth-order valence-corrected chi connectivity index (χ4v) is 1.30. The van der Waals surface area contributed by atoms with E-state index >= 15 is 0 Å². The van der Waals surface area contributed by atoms with Crippen LogP contribution < -0.4 is 0 Å². The molecule has 1 aliphatic rings. The Bertz CT molecular complexity index is 387. The first-order valence-electron chi connectivity index (χ1n) is 4.06. The van der Waals surface area contributed by atoms with E-state index < -0.39 is 0 Å². The number of nitrogens with one attached hydrogen (secondary N) is 1. The normalized spacial score (nSPS) is 17.5. The summed E-state index contributed by atoms with van der Waals surface area (Å²) in [7, 11) is 0. The molecule has 13 heavy (non-hydrogen) atoms. The minimum Gasteiger partial charge on any atom is -0.259 e. The molecular weight excluding hydrogens is 164 g/mol. The van der Waals surface area contributed by atoms with E-state index in [0.29, 0.717) is 5.69 Å². The van der Waals surface area contributed by atoms with Gasteiger partial charge in [0.25, 0.3) is 0 Å². The van der Waals surface area contributed by atoms with E-state index in [9.17, 15) is 0 Å². The summed E-state index contributed by atoms with van der Waals surface area (Å²) < 4.78 is 0. The lowest BCUT2D eigenvalue weighted by molar-refractivity contribution is 0.853. The topological polar surface area (TPSA) is 72.9 Å². The number of hydrogen-bond acceptors (Lipinski definition) is 4. The Balaban J connectivity index is 2.42. The smallest absolute Gasteiger partial charge is 0.0995 e. The van der Waals surface area contributed by atoms with E-state index in [1.54, 1.807) is 18.3 Å². The molecule has 1 heterocycles. The zero-order valence-corrected chi connectivity index (χ0v) is 6.99. The van der Waals surface area contributed by atoms with Gasteiger partial charge in [-0.05, 0) is 25.0 Å². The van der Waals surface area contributed by atoms with Crippen LogP contribution in [0.2, 0.25) is 0 Å². The molecule has 1 saturated carbocycles. The Kier molecular flexibility index (Phi) is 1.59. The van der Waals surface area contributed by atoms with Crippen molar-refractivity contribution in [1.29, 1.82) is 10.8 Å². The first kappa shape index (κ1) is 7.87. The molecule has 1 aliphatic carbocycles. The molecule has 1 aromatic rings. The number of pyridine rings is 1. The van der Waals surface area contributed by atoms with E-state index in [1.165, 1.54) is 0 Å². The van der Waals surface area contributed by atoms with Crippen LogP contribution in [0.15, 0.2) is 23.4 Å². The molecule has 0 spiro atoms. The molecule has 4 nitrogen and oxygen atoms in total. The number of nitriles is 1. The van der Waals surface area contributed by atoms with Gasteiger partial charge in [0.05, 0.1) is 22.9 Å². The molecule has 0 aromatic carbocycles. The minimum atomic E-state index is -0.374. The predicted molar refractivity (Wildman–Crippen MR) is 45.6 cm³/mol. The molecule has 1 aromatic heterocycles. The largest absolute Gasteiger partial charge is 0.259 e. The van der Waals surface area contributed by atoms with Crippen molar-refractivity contribution in [2.24, 2.45) is 5.11 Å². The average molecular weight is 172 g/mol. The minimum absolute atomic E-state index is 0.374. The molecule has 64 valence electrons. The van der Waals surface area contributed by atoms with Gasteiger partial charge >= 0.3 is 0 Å². The maximum Gasteiger partial charge on any atom is 0.0995 e. The molecule has 0 radical (unpaired) electrons. The first-order chi connectivity index (χ1) is 6.30. The summed E-state index contributed by atoms with van der Waals surface area (Å²) >= 11 is 0. The van der Waals surface area contributed by atoms with Gasteiger partial charge in [-0.3, -0.25) is 4.98 Å². The van der Waals surface area contributed by atoms with Crippen molar-refractivity contribution in [2.45, 2.75) is 18.3 Å². The van der Waals surface area contributed by atoms with E-state index in [1.807, 2.05) is 0 Å². The van der Waals surface area contributed by atoms with Crippen LogP contribution in [0.25, 0.3) is 0 Å². The molecule has 0 atom stereocenters. The number of hydrogen-bond donors (Lipinski definition) is 1. The van der Waals surface area contributed by atoms with Crippen molar-refractivity contribution in [1.82, 2.24) is 4.98 Å². The second kappa shape index (κ2) is 2.63. The second-order valence-corrected chi connectivity index (χ2v) is 3.20. The lowest BCUT2D eigenvalue weighted by Crippen LogP contribution is -2.04. The lowest BCUT2D eigenvalue weighted by Gasteiger charge is -2.03. The van der Waals surface area contributed by atoms with Gasteiger partial charge in [-0.15, -0.1) is 0 Å². The maximum absolute atomic E-state index is 8.91. The summed E-state index contributed by atoms with van der Waals surface area (Å²) in [5.74, 6) is 0. The molecular formula is C9H8N4. The third-order valence-electron chi connectivity index (χ3n) is 2.33. The van der Waals surface area contributed by atoms with Crippen LogP contribution in [0.1, 0.15) is 18.5 Å².